The smallest absolute Gasteiger partial charge is 0.0624 e. The van der Waals surface area contributed by atoms with Crippen LogP contribution in [0.15, 0.2) is 30.3 Å². The third-order valence-electron chi connectivity index (χ3n) is 3.75. The summed E-state index contributed by atoms with van der Waals surface area (Å²) in [7, 11) is 0. The Morgan fingerprint density at radius 1 is 1.30 bits per heavy atom. The average Bonchev–Trinajstić information content (AvgIpc) is 2.88. The summed E-state index contributed by atoms with van der Waals surface area (Å²) >= 11 is 0. The molecule has 0 bridgehead atoms. The molecule has 0 aliphatic carbocycles. The second-order valence-electron chi connectivity index (χ2n) is 5.08. The Labute approximate surface area is 121 Å². The van der Waals surface area contributed by atoms with E-state index in [1.807, 2.05) is 0 Å². The molecule has 108 valence electrons. The molecule has 1 aromatic heterocycles. The monoisotopic (exact) mass is 272 g/mol. The molecule has 4 heteroatoms. The summed E-state index contributed by atoms with van der Waals surface area (Å²) in [6, 6.07) is 10.7. The van der Waals surface area contributed by atoms with E-state index in [1.165, 1.54) is 16.8 Å². The first-order chi connectivity index (χ1) is 9.69. The lowest BCUT2D eigenvalue weighted by Gasteiger charge is -2.18. The van der Waals surface area contributed by atoms with E-state index in [1.54, 1.807) is 0 Å². The quantitative estimate of drug-likeness (QED) is 0.627. The number of rotatable bonds is 6. The van der Waals surface area contributed by atoms with Gasteiger partial charge in [-0.05, 0) is 37.5 Å². The molecule has 1 atom stereocenters. The van der Waals surface area contributed by atoms with Gasteiger partial charge in [-0.2, -0.15) is 5.10 Å². The highest BCUT2D eigenvalue weighted by Crippen LogP contribution is 2.21. The van der Waals surface area contributed by atoms with Crippen LogP contribution in [0.5, 0.6) is 0 Å². The molecule has 0 spiro atoms. The first-order valence-electron chi connectivity index (χ1n) is 7.26. The molecule has 1 heterocycles. The Balaban J connectivity index is 2.26. The zero-order chi connectivity index (χ0) is 14.5. The fourth-order valence-corrected chi connectivity index (χ4v) is 2.57. The highest BCUT2D eigenvalue weighted by Gasteiger charge is 2.16. The molecule has 1 unspecified atom stereocenters. The normalized spacial score (nSPS) is 12.6. The van der Waals surface area contributed by atoms with Crippen molar-refractivity contribution in [3.8, 4) is 0 Å². The van der Waals surface area contributed by atoms with Crippen molar-refractivity contribution < 1.29 is 0 Å². The van der Waals surface area contributed by atoms with Crippen LogP contribution in [-0.4, -0.2) is 9.78 Å². The molecule has 20 heavy (non-hydrogen) atoms. The van der Waals surface area contributed by atoms with Crippen LogP contribution in [0.1, 0.15) is 42.4 Å². The third kappa shape index (κ3) is 3.08. The average molecular weight is 272 g/mol. The zero-order valence-electron chi connectivity index (χ0n) is 12.6. The standard InChI is InChI=1S/C16H24N4/c1-4-13-10-14(20(5-2)19-13)11-16(18-17)15-9-7-6-8-12(15)3/h6-10,16,18H,4-5,11,17H2,1-3H3. The van der Waals surface area contributed by atoms with E-state index in [4.69, 9.17) is 5.84 Å². The van der Waals surface area contributed by atoms with Gasteiger partial charge >= 0.3 is 0 Å². The molecule has 0 amide bonds. The SMILES string of the molecule is CCc1cc(CC(NN)c2ccccc2C)n(CC)n1. The van der Waals surface area contributed by atoms with Gasteiger partial charge in [-0.1, -0.05) is 31.2 Å². The maximum absolute atomic E-state index is 5.77. The summed E-state index contributed by atoms with van der Waals surface area (Å²) in [5.74, 6) is 5.77. The molecule has 2 aromatic rings. The number of nitrogens with one attached hydrogen (secondary N) is 1. The van der Waals surface area contributed by atoms with Crippen LogP contribution in [0.2, 0.25) is 0 Å². The van der Waals surface area contributed by atoms with Gasteiger partial charge in [0.15, 0.2) is 0 Å². The predicted octanol–water partition coefficient (Wildman–Crippen LogP) is 2.52. The summed E-state index contributed by atoms with van der Waals surface area (Å²) in [5.41, 5.74) is 7.82. The van der Waals surface area contributed by atoms with Gasteiger partial charge < -0.3 is 0 Å². The maximum Gasteiger partial charge on any atom is 0.0624 e. The second kappa shape index (κ2) is 6.68. The van der Waals surface area contributed by atoms with Crippen molar-refractivity contribution >= 4 is 0 Å². The lowest BCUT2D eigenvalue weighted by Crippen LogP contribution is -2.30. The molecule has 0 aliphatic heterocycles. The Morgan fingerprint density at radius 3 is 2.65 bits per heavy atom. The number of hydrazine groups is 1. The molecular formula is C16H24N4. The number of hydrogen-bond donors (Lipinski definition) is 2. The van der Waals surface area contributed by atoms with Gasteiger partial charge in [0.05, 0.1) is 11.7 Å². The Bertz CT molecular complexity index is 559. The summed E-state index contributed by atoms with van der Waals surface area (Å²) in [4.78, 5) is 0. The van der Waals surface area contributed by atoms with Crippen molar-refractivity contribution in [3.05, 3.63) is 52.8 Å². The van der Waals surface area contributed by atoms with E-state index < -0.39 is 0 Å². The Hall–Kier alpha value is -1.65. The Kier molecular flexibility index (Phi) is 4.93. The van der Waals surface area contributed by atoms with Crippen LogP contribution in [-0.2, 0) is 19.4 Å². The first kappa shape index (κ1) is 14.8. The summed E-state index contributed by atoms with van der Waals surface area (Å²) in [6.45, 7) is 7.26. The van der Waals surface area contributed by atoms with Gasteiger partial charge in [0, 0.05) is 18.7 Å². The highest BCUT2D eigenvalue weighted by molar-refractivity contribution is 5.30. The summed E-state index contributed by atoms with van der Waals surface area (Å²) in [5, 5.41) is 4.60. The molecule has 0 radical (unpaired) electrons. The maximum atomic E-state index is 5.77. The van der Waals surface area contributed by atoms with E-state index in [0.29, 0.717) is 0 Å². The molecule has 0 saturated heterocycles. The molecule has 1 aromatic carbocycles. The largest absolute Gasteiger partial charge is 0.271 e. The van der Waals surface area contributed by atoms with Crippen molar-refractivity contribution in [3.63, 3.8) is 0 Å². The minimum absolute atomic E-state index is 0.114. The molecular weight excluding hydrogens is 248 g/mol. The van der Waals surface area contributed by atoms with Gasteiger partial charge in [-0.15, -0.1) is 0 Å². The predicted molar refractivity (Wildman–Crippen MR) is 82.2 cm³/mol. The molecule has 3 N–H and O–H groups in total. The number of aromatic nitrogens is 2. The van der Waals surface area contributed by atoms with Gasteiger partial charge in [-0.25, -0.2) is 0 Å². The molecule has 0 saturated carbocycles. The zero-order valence-corrected chi connectivity index (χ0v) is 12.6. The summed E-state index contributed by atoms with van der Waals surface area (Å²) in [6.07, 6.45) is 1.81. The Morgan fingerprint density at radius 2 is 2.05 bits per heavy atom. The van der Waals surface area contributed by atoms with E-state index >= 15 is 0 Å². The van der Waals surface area contributed by atoms with Crippen molar-refractivity contribution in [2.45, 2.75) is 46.2 Å². The fourth-order valence-electron chi connectivity index (χ4n) is 2.57. The molecule has 4 nitrogen and oxygen atoms in total. The number of hydrogen-bond acceptors (Lipinski definition) is 3. The van der Waals surface area contributed by atoms with Crippen molar-refractivity contribution in [2.24, 2.45) is 5.84 Å². The highest BCUT2D eigenvalue weighted by atomic mass is 15.3. The van der Waals surface area contributed by atoms with Crippen LogP contribution in [0.4, 0.5) is 0 Å². The van der Waals surface area contributed by atoms with Gasteiger partial charge in [0.1, 0.15) is 0 Å². The van der Waals surface area contributed by atoms with Crippen LogP contribution in [0.25, 0.3) is 0 Å². The van der Waals surface area contributed by atoms with Crippen molar-refractivity contribution in [1.29, 1.82) is 0 Å². The second-order valence-corrected chi connectivity index (χ2v) is 5.08. The fraction of sp³-hybridized carbons (Fsp3) is 0.438. The van der Waals surface area contributed by atoms with Gasteiger partial charge in [0.2, 0.25) is 0 Å². The van der Waals surface area contributed by atoms with Crippen LogP contribution < -0.4 is 11.3 Å². The van der Waals surface area contributed by atoms with Gasteiger partial charge in [-0.3, -0.25) is 16.0 Å². The van der Waals surface area contributed by atoms with E-state index in [9.17, 15) is 0 Å². The molecule has 2 rings (SSSR count). The van der Waals surface area contributed by atoms with E-state index in [-0.39, 0.29) is 6.04 Å². The first-order valence-corrected chi connectivity index (χ1v) is 7.26. The summed E-state index contributed by atoms with van der Waals surface area (Å²) < 4.78 is 2.07. The third-order valence-corrected chi connectivity index (χ3v) is 3.75. The van der Waals surface area contributed by atoms with Crippen molar-refractivity contribution in [2.75, 3.05) is 0 Å². The number of aryl methyl sites for hydroxylation is 3. The van der Waals surface area contributed by atoms with Crippen LogP contribution >= 0.6 is 0 Å². The topological polar surface area (TPSA) is 55.9 Å². The van der Waals surface area contributed by atoms with Crippen LogP contribution in [0.3, 0.4) is 0 Å². The van der Waals surface area contributed by atoms with Crippen molar-refractivity contribution in [1.82, 2.24) is 15.2 Å². The molecule has 0 fully saturated rings. The molecule has 0 aliphatic rings. The van der Waals surface area contributed by atoms with E-state index in [0.717, 1.165) is 25.1 Å². The number of nitrogens with two attached hydrogens (primary N) is 1. The number of nitrogens with zero attached hydrogens (tertiary/aromatic N) is 2. The number of benzene rings is 1. The lowest BCUT2D eigenvalue weighted by molar-refractivity contribution is 0.515. The van der Waals surface area contributed by atoms with E-state index in [2.05, 4.69) is 66.3 Å². The lowest BCUT2D eigenvalue weighted by atomic mass is 9.98. The van der Waals surface area contributed by atoms with Gasteiger partial charge in [0.25, 0.3) is 0 Å². The minimum atomic E-state index is 0.114. The van der Waals surface area contributed by atoms with Crippen LogP contribution in [0, 0.1) is 6.92 Å². The minimum Gasteiger partial charge on any atom is -0.271 e.